The fraction of sp³-hybridized carbons (Fsp3) is 0.600. The van der Waals surface area contributed by atoms with Gasteiger partial charge < -0.3 is 10.6 Å². The largest absolute Gasteiger partial charge is 0.328 e. The molecular weight excluding hydrogens is 238 g/mol. The molecule has 0 bridgehead atoms. The summed E-state index contributed by atoms with van der Waals surface area (Å²) in [5.74, 6) is 0.177. The lowest BCUT2D eigenvalue weighted by atomic mass is 9.95. The summed E-state index contributed by atoms with van der Waals surface area (Å²) >= 11 is 0. The van der Waals surface area contributed by atoms with Crippen LogP contribution in [0.1, 0.15) is 51.8 Å². The Hall–Kier alpha value is -1.42. The summed E-state index contributed by atoms with van der Waals surface area (Å²) in [4.78, 5) is 18.8. The van der Waals surface area contributed by atoms with Crippen LogP contribution in [0.3, 0.4) is 0 Å². The number of amides is 1. The van der Waals surface area contributed by atoms with Crippen molar-refractivity contribution in [3.8, 4) is 0 Å². The average molecular weight is 261 g/mol. The van der Waals surface area contributed by atoms with Crippen LogP contribution in [0.15, 0.2) is 24.4 Å². The summed E-state index contributed by atoms with van der Waals surface area (Å²) in [6, 6.07) is 5.61. The predicted molar refractivity (Wildman–Crippen MR) is 75.4 cm³/mol. The second-order valence-corrected chi connectivity index (χ2v) is 6.19. The molecule has 1 aliphatic heterocycles. The molecule has 0 radical (unpaired) electrons. The summed E-state index contributed by atoms with van der Waals surface area (Å²) in [5.41, 5.74) is 6.97. The third kappa shape index (κ3) is 2.95. The highest BCUT2D eigenvalue weighted by atomic mass is 16.2. The van der Waals surface area contributed by atoms with Crippen LogP contribution < -0.4 is 5.73 Å². The predicted octanol–water partition coefficient (Wildman–Crippen LogP) is 2.26. The van der Waals surface area contributed by atoms with Gasteiger partial charge in [-0.25, -0.2) is 0 Å². The van der Waals surface area contributed by atoms with Gasteiger partial charge in [-0.2, -0.15) is 0 Å². The van der Waals surface area contributed by atoms with Crippen molar-refractivity contribution in [1.82, 2.24) is 9.88 Å². The Morgan fingerprint density at radius 3 is 2.68 bits per heavy atom. The topological polar surface area (TPSA) is 59.2 Å². The molecule has 19 heavy (non-hydrogen) atoms. The standard InChI is InChI=1S/C15H23N3O/c1-15(2,3)18-13(19)9-6-7-11(16)14(18)12-8-4-5-10-17-12/h4-5,8,10-11,14H,6-7,9,16H2,1-3H3. The van der Waals surface area contributed by atoms with E-state index < -0.39 is 0 Å². The first-order valence-electron chi connectivity index (χ1n) is 6.90. The van der Waals surface area contributed by atoms with Gasteiger partial charge in [-0.1, -0.05) is 6.07 Å². The number of nitrogens with two attached hydrogens (primary N) is 1. The zero-order chi connectivity index (χ0) is 14.0. The van der Waals surface area contributed by atoms with E-state index in [0.717, 1.165) is 18.5 Å². The molecule has 1 aromatic rings. The smallest absolute Gasteiger partial charge is 0.223 e. The van der Waals surface area contributed by atoms with Crippen molar-refractivity contribution < 1.29 is 4.79 Å². The second kappa shape index (κ2) is 5.29. The Morgan fingerprint density at radius 1 is 1.37 bits per heavy atom. The molecule has 1 aliphatic rings. The molecule has 0 aliphatic carbocycles. The van der Waals surface area contributed by atoms with Gasteiger partial charge in [0.25, 0.3) is 0 Å². The highest BCUT2D eigenvalue weighted by molar-refractivity contribution is 5.78. The Balaban J connectivity index is 2.46. The summed E-state index contributed by atoms with van der Waals surface area (Å²) < 4.78 is 0. The highest BCUT2D eigenvalue weighted by Crippen LogP contribution is 2.34. The van der Waals surface area contributed by atoms with Crippen LogP contribution in [0.2, 0.25) is 0 Å². The van der Waals surface area contributed by atoms with Crippen molar-refractivity contribution in [3.63, 3.8) is 0 Å². The molecule has 2 atom stereocenters. The number of nitrogens with zero attached hydrogens (tertiary/aromatic N) is 2. The maximum Gasteiger partial charge on any atom is 0.223 e. The molecule has 1 saturated heterocycles. The number of rotatable bonds is 1. The molecule has 0 aromatic carbocycles. The van der Waals surface area contributed by atoms with Gasteiger partial charge in [-0.05, 0) is 45.7 Å². The number of hydrogen-bond acceptors (Lipinski definition) is 3. The number of carbonyl (C=O) groups is 1. The normalized spacial score (nSPS) is 25.3. The number of aromatic nitrogens is 1. The van der Waals surface area contributed by atoms with Crippen LogP contribution in [0.25, 0.3) is 0 Å². The summed E-state index contributed by atoms with van der Waals surface area (Å²) in [7, 11) is 0. The average Bonchev–Trinajstić information content (AvgIpc) is 2.49. The van der Waals surface area contributed by atoms with Crippen LogP contribution in [0.5, 0.6) is 0 Å². The van der Waals surface area contributed by atoms with E-state index in [9.17, 15) is 4.79 Å². The van der Waals surface area contributed by atoms with Crippen molar-refractivity contribution in [2.45, 2.75) is 57.7 Å². The van der Waals surface area contributed by atoms with Crippen molar-refractivity contribution in [1.29, 1.82) is 0 Å². The molecule has 1 aromatic heterocycles. The van der Waals surface area contributed by atoms with Gasteiger partial charge in [0.1, 0.15) is 0 Å². The van der Waals surface area contributed by atoms with E-state index in [-0.39, 0.29) is 23.5 Å². The summed E-state index contributed by atoms with van der Waals surface area (Å²) in [5, 5.41) is 0. The van der Waals surface area contributed by atoms with Gasteiger partial charge in [0.15, 0.2) is 0 Å². The quantitative estimate of drug-likeness (QED) is 0.843. The molecule has 104 valence electrons. The van der Waals surface area contributed by atoms with E-state index >= 15 is 0 Å². The molecule has 2 unspecified atom stereocenters. The van der Waals surface area contributed by atoms with Crippen molar-refractivity contribution in [2.75, 3.05) is 0 Å². The third-order valence-electron chi connectivity index (χ3n) is 3.59. The number of carbonyl (C=O) groups excluding carboxylic acids is 1. The molecule has 2 heterocycles. The monoisotopic (exact) mass is 261 g/mol. The first kappa shape index (κ1) is 14.0. The number of hydrogen-bond donors (Lipinski definition) is 1. The third-order valence-corrected chi connectivity index (χ3v) is 3.59. The van der Waals surface area contributed by atoms with Crippen LogP contribution >= 0.6 is 0 Å². The highest BCUT2D eigenvalue weighted by Gasteiger charge is 2.39. The molecule has 4 heteroatoms. The fourth-order valence-corrected chi connectivity index (χ4v) is 2.81. The zero-order valence-electron chi connectivity index (χ0n) is 12.0. The van der Waals surface area contributed by atoms with Gasteiger partial charge in [-0.3, -0.25) is 9.78 Å². The number of pyridine rings is 1. The molecule has 1 fully saturated rings. The lowest BCUT2D eigenvalue weighted by Gasteiger charge is -2.42. The van der Waals surface area contributed by atoms with Crippen molar-refractivity contribution in [3.05, 3.63) is 30.1 Å². The Labute approximate surface area is 115 Å². The van der Waals surface area contributed by atoms with Gasteiger partial charge in [0, 0.05) is 24.2 Å². The zero-order valence-corrected chi connectivity index (χ0v) is 12.0. The maximum atomic E-state index is 12.4. The maximum absolute atomic E-state index is 12.4. The molecule has 4 nitrogen and oxygen atoms in total. The Kier molecular flexibility index (Phi) is 3.90. The lowest BCUT2D eigenvalue weighted by molar-refractivity contribution is -0.139. The molecular formula is C15H23N3O. The molecule has 0 saturated carbocycles. The minimum Gasteiger partial charge on any atom is -0.328 e. The first-order chi connectivity index (χ1) is 8.91. The van der Waals surface area contributed by atoms with E-state index in [1.807, 2.05) is 23.1 Å². The molecule has 0 spiro atoms. The van der Waals surface area contributed by atoms with Crippen LogP contribution in [0.4, 0.5) is 0 Å². The molecule has 2 rings (SSSR count). The Morgan fingerprint density at radius 2 is 2.11 bits per heavy atom. The molecule has 1 amide bonds. The van der Waals surface area contributed by atoms with Gasteiger partial charge in [0.2, 0.25) is 5.91 Å². The number of likely N-dealkylation sites (tertiary alicyclic amines) is 1. The van der Waals surface area contributed by atoms with Gasteiger partial charge in [0.05, 0.1) is 11.7 Å². The van der Waals surface area contributed by atoms with Crippen LogP contribution in [-0.2, 0) is 4.79 Å². The summed E-state index contributed by atoms with van der Waals surface area (Å²) in [6.45, 7) is 6.16. The van der Waals surface area contributed by atoms with E-state index in [1.165, 1.54) is 0 Å². The van der Waals surface area contributed by atoms with Gasteiger partial charge >= 0.3 is 0 Å². The first-order valence-corrected chi connectivity index (χ1v) is 6.90. The summed E-state index contributed by atoms with van der Waals surface area (Å²) in [6.07, 6.45) is 4.06. The minimum absolute atomic E-state index is 0.0550. The Bertz CT molecular complexity index is 438. The van der Waals surface area contributed by atoms with E-state index in [1.54, 1.807) is 6.20 Å². The minimum atomic E-state index is -0.249. The molecule has 2 N–H and O–H groups in total. The van der Waals surface area contributed by atoms with Crippen molar-refractivity contribution in [2.24, 2.45) is 5.73 Å². The van der Waals surface area contributed by atoms with Gasteiger partial charge in [-0.15, -0.1) is 0 Å². The van der Waals surface area contributed by atoms with Crippen LogP contribution in [-0.4, -0.2) is 27.4 Å². The lowest BCUT2D eigenvalue weighted by Crippen LogP contribution is -2.51. The second-order valence-electron chi connectivity index (χ2n) is 6.19. The fourth-order valence-electron chi connectivity index (χ4n) is 2.81. The van der Waals surface area contributed by atoms with Crippen LogP contribution in [0, 0.1) is 0 Å². The van der Waals surface area contributed by atoms with Crippen molar-refractivity contribution >= 4 is 5.91 Å². The van der Waals surface area contributed by atoms with E-state index in [4.69, 9.17) is 5.73 Å². The SMILES string of the molecule is CC(C)(C)N1C(=O)CCCC(N)C1c1ccccn1. The van der Waals surface area contributed by atoms with E-state index in [2.05, 4.69) is 25.8 Å². The van der Waals surface area contributed by atoms with E-state index in [0.29, 0.717) is 6.42 Å².